The SMILES string of the molecule is CCc1ccc(-c2c(-c3ccccc3)oc3ncnc(OCCOCCC(=O)O)c23)cc1. The van der Waals surface area contributed by atoms with E-state index in [1.54, 1.807) is 0 Å². The van der Waals surface area contributed by atoms with Crippen molar-refractivity contribution < 1.29 is 23.8 Å². The topological polar surface area (TPSA) is 94.7 Å². The van der Waals surface area contributed by atoms with E-state index in [9.17, 15) is 4.79 Å². The fourth-order valence-electron chi connectivity index (χ4n) is 3.45. The Hall–Kier alpha value is -3.71. The number of benzene rings is 2. The molecule has 0 fully saturated rings. The molecular weight excluding hydrogens is 408 g/mol. The highest BCUT2D eigenvalue weighted by Crippen LogP contribution is 2.43. The minimum atomic E-state index is -0.894. The van der Waals surface area contributed by atoms with E-state index in [4.69, 9.17) is 19.0 Å². The number of ether oxygens (including phenoxy) is 2. The molecule has 0 aliphatic carbocycles. The van der Waals surface area contributed by atoms with Gasteiger partial charge in [0.2, 0.25) is 11.6 Å². The molecule has 0 atom stereocenters. The molecule has 0 bridgehead atoms. The van der Waals surface area contributed by atoms with Gasteiger partial charge in [-0.1, -0.05) is 61.5 Å². The Labute approximate surface area is 185 Å². The monoisotopic (exact) mass is 432 g/mol. The van der Waals surface area contributed by atoms with Gasteiger partial charge in [0.25, 0.3) is 0 Å². The van der Waals surface area contributed by atoms with E-state index in [2.05, 4.69) is 41.2 Å². The number of carboxylic acids is 1. The van der Waals surface area contributed by atoms with Crippen molar-refractivity contribution in [2.45, 2.75) is 19.8 Å². The van der Waals surface area contributed by atoms with Gasteiger partial charge in [0, 0.05) is 11.1 Å². The summed E-state index contributed by atoms with van der Waals surface area (Å²) in [7, 11) is 0. The molecule has 0 saturated carbocycles. The van der Waals surface area contributed by atoms with Crippen LogP contribution in [0, 0.1) is 0 Å². The quantitative estimate of drug-likeness (QED) is 0.353. The first kappa shape index (κ1) is 21.5. The number of hydrogen-bond donors (Lipinski definition) is 1. The Morgan fingerprint density at radius 2 is 1.75 bits per heavy atom. The smallest absolute Gasteiger partial charge is 0.305 e. The fraction of sp³-hybridized carbons (Fsp3) is 0.240. The molecule has 7 nitrogen and oxygen atoms in total. The molecule has 4 aromatic rings. The average Bonchev–Trinajstić information content (AvgIpc) is 3.22. The standard InChI is InChI=1S/C25H24N2O5/c1-2-17-8-10-18(11-9-17)21-22-24(31-15-14-30-13-12-20(28)29)26-16-27-25(22)32-23(21)19-6-4-3-5-7-19/h3-11,16H,2,12-15H2,1H3,(H,28,29). The van der Waals surface area contributed by atoms with Crippen LogP contribution in [0.3, 0.4) is 0 Å². The Kier molecular flexibility index (Phi) is 6.77. The van der Waals surface area contributed by atoms with Crippen molar-refractivity contribution in [2.24, 2.45) is 0 Å². The summed E-state index contributed by atoms with van der Waals surface area (Å²) >= 11 is 0. The van der Waals surface area contributed by atoms with Crippen LogP contribution in [0.1, 0.15) is 18.9 Å². The number of hydrogen-bond acceptors (Lipinski definition) is 6. The minimum absolute atomic E-state index is 0.0438. The summed E-state index contributed by atoms with van der Waals surface area (Å²) in [4.78, 5) is 19.3. The third-order valence-electron chi connectivity index (χ3n) is 5.07. The molecule has 0 unspecified atom stereocenters. The lowest BCUT2D eigenvalue weighted by Crippen LogP contribution is -2.10. The number of rotatable bonds is 10. The zero-order chi connectivity index (χ0) is 22.3. The number of aromatic nitrogens is 2. The summed E-state index contributed by atoms with van der Waals surface area (Å²) in [5, 5.41) is 9.39. The number of carbonyl (C=O) groups is 1. The molecule has 32 heavy (non-hydrogen) atoms. The van der Waals surface area contributed by atoms with Gasteiger partial charge in [-0.3, -0.25) is 4.79 Å². The summed E-state index contributed by atoms with van der Waals surface area (Å²) in [6.45, 7) is 2.74. The summed E-state index contributed by atoms with van der Waals surface area (Å²) < 4.78 is 17.4. The Bertz CT molecular complexity index is 1190. The average molecular weight is 432 g/mol. The van der Waals surface area contributed by atoms with Crippen LogP contribution >= 0.6 is 0 Å². The highest BCUT2D eigenvalue weighted by Gasteiger charge is 2.22. The molecule has 7 heteroatoms. The highest BCUT2D eigenvalue weighted by atomic mass is 16.5. The van der Waals surface area contributed by atoms with E-state index >= 15 is 0 Å². The molecule has 4 rings (SSSR count). The third-order valence-corrected chi connectivity index (χ3v) is 5.07. The van der Waals surface area contributed by atoms with Crippen LogP contribution in [0.5, 0.6) is 5.88 Å². The van der Waals surface area contributed by atoms with E-state index in [0.29, 0.717) is 22.7 Å². The molecule has 0 aliphatic heterocycles. The fourth-order valence-corrected chi connectivity index (χ4v) is 3.45. The van der Waals surface area contributed by atoms with Crippen molar-refractivity contribution in [3.8, 4) is 28.3 Å². The molecule has 0 aliphatic rings. The van der Waals surface area contributed by atoms with Crippen molar-refractivity contribution in [3.05, 3.63) is 66.5 Å². The maximum atomic E-state index is 10.6. The van der Waals surface area contributed by atoms with Crippen LogP contribution in [0.25, 0.3) is 33.6 Å². The number of furan rings is 1. The van der Waals surface area contributed by atoms with Gasteiger partial charge >= 0.3 is 5.97 Å². The number of carboxylic acid groups (broad SMARTS) is 1. The normalized spacial score (nSPS) is 11.0. The first-order valence-corrected chi connectivity index (χ1v) is 10.5. The van der Waals surface area contributed by atoms with E-state index in [1.807, 2.05) is 30.3 Å². The van der Waals surface area contributed by atoms with Gasteiger partial charge in [0.1, 0.15) is 24.1 Å². The van der Waals surface area contributed by atoms with Crippen molar-refractivity contribution >= 4 is 17.1 Å². The Morgan fingerprint density at radius 1 is 0.969 bits per heavy atom. The zero-order valence-corrected chi connectivity index (χ0v) is 17.8. The second-order valence-corrected chi connectivity index (χ2v) is 7.19. The van der Waals surface area contributed by atoms with Gasteiger partial charge in [0.15, 0.2) is 0 Å². The van der Waals surface area contributed by atoms with Crippen LogP contribution in [0.2, 0.25) is 0 Å². The van der Waals surface area contributed by atoms with Gasteiger partial charge in [-0.05, 0) is 17.5 Å². The van der Waals surface area contributed by atoms with E-state index in [1.165, 1.54) is 11.9 Å². The summed E-state index contributed by atoms with van der Waals surface area (Å²) in [5.74, 6) is 0.208. The molecule has 0 spiro atoms. The minimum Gasteiger partial charge on any atom is -0.481 e. The van der Waals surface area contributed by atoms with Crippen molar-refractivity contribution in [1.82, 2.24) is 9.97 Å². The van der Waals surface area contributed by atoms with Gasteiger partial charge in [-0.2, -0.15) is 0 Å². The van der Waals surface area contributed by atoms with Gasteiger partial charge in [-0.25, -0.2) is 9.97 Å². The van der Waals surface area contributed by atoms with E-state index in [-0.39, 0.29) is 26.2 Å². The van der Waals surface area contributed by atoms with Crippen LogP contribution in [0.15, 0.2) is 65.3 Å². The van der Waals surface area contributed by atoms with Crippen LogP contribution in [0.4, 0.5) is 0 Å². The van der Waals surface area contributed by atoms with Gasteiger partial charge in [0.05, 0.1) is 19.6 Å². The second kappa shape index (κ2) is 10.1. The molecule has 2 aromatic heterocycles. The molecule has 0 amide bonds. The molecular formula is C25H24N2O5. The van der Waals surface area contributed by atoms with E-state index < -0.39 is 5.97 Å². The van der Waals surface area contributed by atoms with Crippen LogP contribution < -0.4 is 4.74 Å². The first-order chi connectivity index (χ1) is 15.7. The lowest BCUT2D eigenvalue weighted by molar-refractivity contribution is -0.138. The molecule has 2 heterocycles. The predicted molar refractivity (Wildman–Crippen MR) is 121 cm³/mol. The summed E-state index contributed by atoms with van der Waals surface area (Å²) in [6.07, 6.45) is 2.32. The van der Waals surface area contributed by atoms with Crippen LogP contribution in [-0.2, 0) is 16.0 Å². The molecule has 0 radical (unpaired) electrons. The van der Waals surface area contributed by atoms with Gasteiger partial charge < -0.3 is 19.0 Å². The van der Waals surface area contributed by atoms with E-state index in [0.717, 1.165) is 23.1 Å². The summed E-state index contributed by atoms with van der Waals surface area (Å²) in [5.41, 5.74) is 4.47. The predicted octanol–water partition coefficient (Wildman–Crippen LogP) is 4.99. The molecule has 0 saturated heterocycles. The Morgan fingerprint density at radius 3 is 2.47 bits per heavy atom. The number of aliphatic carboxylic acids is 1. The maximum Gasteiger partial charge on any atom is 0.305 e. The maximum absolute atomic E-state index is 10.6. The van der Waals surface area contributed by atoms with Crippen molar-refractivity contribution in [3.63, 3.8) is 0 Å². The number of fused-ring (bicyclic) bond motifs is 1. The van der Waals surface area contributed by atoms with Gasteiger partial charge in [-0.15, -0.1) is 0 Å². The summed E-state index contributed by atoms with van der Waals surface area (Å²) in [6, 6.07) is 18.2. The highest BCUT2D eigenvalue weighted by molar-refractivity contribution is 6.03. The van der Waals surface area contributed by atoms with Crippen molar-refractivity contribution in [2.75, 3.05) is 19.8 Å². The third kappa shape index (κ3) is 4.78. The molecule has 1 N–H and O–H groups in total. The van der Waals surface area contributed by atoms with Crippen LogP contribution in [-0.4, -0.2) is 40.9 Å². The first-order valence-electron chi connectivity index (χ1n) is 10.5. The molecule has 164 valence electrons. The molecule has 2 aromatic carbocycles. The second-order valence-electron chi connectivity index (χ2n) is 7.19. The lowest BCUT2D eigenvalue weighted by Gasteiger charge is -2.09. The largest absolute Gasteiger partial charge is 0.481 e. The number of aryl methyl sites for hydroxylation is 1. The number of nitrogens with zero attached hydrogens (tertiary/aromatic N) is 2. The van der Waals surface area contributed by atoms with Crippen molar-refractivity contribution in [1.29, 1.82) is 0 Å². The Balaban J connectivity index is 1.71. The zero-order valence-electron chi connectivity index (χ0n) is 17.8. The lowest BCUT2D eigenvalue weighted by atomic mass is 9.98.